The average molecular weight is 340 g/mol. The minimum absolute atomic E-state index is 0.0305. The summed E-state index contributed by atoms with van der Waals surface area (Å²) in [5.74, 6) is 0.639. The van der Waals surface area contributed by atoms with Crippen molar-refractivity contribution >= 4 is 17.9 Å². The van der Waals surface area contributed by atoms with Crippen molar-refractivity contribution in [2.24, 2.45) is 0 Å². The van der Waals surface area contributed by atoms with Gasteiger partial charge in [0.15, 0.2) is 0 Å². The van der Waals surface area contributed by atoms with Crippen molar-refractivity contribution in [3.8, 4) is 5.75 Å². The zero-order valence-corrected chi connectivity index (χ0v) is 14.8. The molecule has 3 rings (SSSR count). The standard InChI is InChI=1S/C20H24N2O3/c1-3-4-8-17-20(24)21(2)11-12-22(17)19(23)16-10-13-25-18-9-6-5-7-15(18)14-16/h5-7,9-10,13-14,17H,3-4,8,11-12H2,1-2H3. The molecule has 2 amide bonds. The molecule has 0 spiro atoms. The minimum Gasteiger partial charge on any atom is -0.464 e. The largest absolute Gasteiger partial charge is 0.464 e. The van der Waals surface area contributed by atoms with Crippen LogP contribution < -0.4 is 4.74 Å². The van der Waals surface area contributed by atoms with Gasteiger partial charge in [-0.2, -0.15) is 0 Å². The number of para-hydroxylation sites is 1. The second kappa shape index (κ2) is 7.55. The van der Waals surface area contributed by atoms with Crippen LogP contribution in [0.15, 0.2) is 42.2 Å². The minimum atomic E-state index is -0.375. The lowest BCUT2D eigenvalue weighted by molar-refractivity contribution is -0.148. The highest BCUT2D eigenvalue weighted by Crippen LogP contribution is 2.26. The molecule has 0 bridgehead atoms. The van der Waals surface area contributed by atoms with Gasteiger partial charge in [0.25, 0.3) is 5.91 Å². The second-order valence-corrected chi connectivity index (χ2v) is 6.47. The maximum Gasteiger partial charge on any atom is 0.254 e. The van der Waals surface area contributed by atoms with Crippen molar-refractivity contribution in [1.82, 2.24) is 9.80 Å². The van der Waals surface area contributed by atoms with E-state index < -0.39 is 0 Å². The fraction of sp³-hybridized carbons (Fsp3) is 0.400. The molecule has 2 aliphatic heterocycles. The van der Waals surface area contributed by atoms with Crippen LogP contribution in [0.3, 0.4) is 0 Å². The number of likely N-dealkylation sites (N-methyl/N-ethyl adjacent to an activating group) is 1. The van der Waals surface area contributed by atoms with Crippen molar-refractivity contribution in [2.75, 3.05) is 20.1 Å². The SMILES string of the molecule is CCCCC1C(=O)N(C)CCN1C(=O)C1=Cc2ccccc2OC=C1. The number of carbonyl (C=O) groups is 2. The number of piperazine rings is 1. The van der Waals surface area contributed by atoms with Crippen LogP contribution in [-0.4, -0.2) is 47.8 Å². The van der Waals surface area contributed by atoms with E-state index in [1.807, 2.05) is 30.3 Å². The van der Waals surface area contributed by atoms with Gasteiger partial charge in [-0.15, -0.1) is 0 Å². The predicted octanol–water partition coefficient (Wildman–Crippen LogP) is 2.84. The fourth-order valence-electron chi connectivity index (χ4n) is 3.23. The lowest BCUT2D eigenvalue weighted by Gasteiger charge is -2.39. The molecule has 0 radical (unpaired) electrons. The molecule has 1 aromatic carbocycles. The van der Waals surface area contributed by atoms with E-state index in [4.69, 9.17) is 4.74 Å². The third-order valence-corrected chi connectivity index (χ3v) is 4.73. The third kappa shape index (κ3) is 3.60. The molecule has 1 atom stereocenters. The van der Waals surface area contributed by atoms with Crippen LogP contribution in [0, 0.1) is 0 Å². The first-order chi connectivity index (χ1) is 12.1. The summed E-state index contributed by atoms with van der Waals surface area (Å²) >= 11 is 0. The lowest BCUT2D eigenvalue weighted by Crippen LogP contribution is -2.57. The van der Waals surface area contributed by atoms with Crippen LogP contribution in [0.5, 0.6) is 5.75 Å². The Morgan fingerprint density at radius 2 is 2.08 bits per heavy atom. The highest BCUT2D eigenvalue weighted by atomic mass is 16.5. The van der Waals surface area contributed by atoms with Gasteiger partial charge in [-0.1, -0.05) is 38.0 Å². The monoisotopic (exact) mass is 340 g/mol. The first-order valence-corrected chi connectivity index (χ1v) is 8.81. The molecule has 5 nitrogen and oxygen atoms in total. The molecule has 0 N–H and O–H groups in total. The molecule has 132 valence electrons. The summed E-state index contributed by atoms with van der Waals surface area (Å²) in [4.78, 5) is 29.1. The van der Waals surface area contributed by atoms with E-state index in [-0.39, 0.29) is 17.9 Å². The summed E-state index contributed by atoms with van der Waals surface area (Å²) in [6.45, 7) is 3.22. The van der Waals surface area contributed by atoms with Crippen LogP contribution in [0.1, 0.15) is 31.7 Å². The molecule has 1 unspecified atom stereocenters. The van der Waals surface area contributed by atoms with Gasteiger partial charge in [0.05, 0.1) is 6.26 Å². The number of carbonyl (C=O) groups excluding carboxylic acids is 2. The summed E-state index contributed by atoms with van der Waals surface area (Å²) in [7, 11) is 1.80. The second-order valence-electron chi connectivity index (χ2n) is 6.47. The fourth-order valence-corrected chi connectivity index (χ4v) is 3.23. The van der Waals surface area contributed by atoms with Gasteiger partial charge < -0.3 is 14.5 Å². The summed E-state index contributed by atoms with van der Waals surface area (Å²) in [5.41, 5.74) is 1.41. The Morgan fingerprint density at radius 1 is 1.28 bits per heavy atom. The van der Waals surface area contributed by atoms with Crippen LogP contribution in [0.25, 0.3) is 6.08 Å². The topological polar surface area (TPSA) is 49.9 Å². The Bertz CT molecular complexity index is 723. The van der Waals surface area contributed by atoms with Crippen LogP contribution in [0.2, 0.25) is 0 Å². The van der Waals surface area contributed by atoms with Crippen LogP contribution >= 0.6 is 0 Å². The van der Waals surface area contributed by atoms with Crippen molar-refractivity contribution < 1.29 is 14.3 Å². The molecular weight excluding hydrogens is 316 g/mol. The Balaban J connectivity index is 1.88. The molecule has 1 fully saturated rings. The van der Waals surface area contributed by atoms with Gasteiger partial charge in [-0.25, -0.2) is 0 Å². The van der Waals surface area contributed by atoms with E-state index in [1.165, 1.54) is 6.26 Å². The number of fused-ring (bicyclic) bond motifs is 1. The lowest BCUT2D eigenvalue weighted by atomic mass is 10.0. The molecule has 1 saturated heterocycles. The van der Waals surface area contributed by atoms with Gasteiger partial charge in [0, 0.05) is 31.3 Å². The molecule has 0 aliphatic carbocycles. The third-order valence-electron chi connectivity index (χ3n) is 4.73. The van der Waals surface area contributed by atoms with E-state index in [2.05, 4.69) is 6.92 Å². The number of hydrogen-bond acceptors (Lipinski definition) is 3. The van der Waals surface area contributed by atoms with Crippen molar-refractivity contribution in [2.45, 2.75) is 32.2 Å². The number of benzene rings is 1. The van der Waals surface area contributed by atoms with Gasteiger partial charge >= 0.3 is 0 Å². The zero-order valence-electron chi connectivity index (χ0n) is 14.8. The van der Waals surface area contributed by atoms with E-state index in [9.17, 15) is 9.59 Å². The quantitative estimate of drug-likeness (QED) is 0.847. The number of unbranched alkanes of at least 4 members (excludes halogenated alkanes) is 1. The normalized spacial score (nSPS) is 19.8. The van der Waals surface area contributed by atoms with Crippen molar-refractivity contribution in [3.63, 3.8) is 0 Å². The summed E-state index contributed by atoms with van der Waals surface area (Å²) in [6.07, 6.45) is 7.68. The predicted molar refractivity (Wildman–Crippen MR) is 96.9 cm³/mol. The summed E-state index contributed by atoms with van der Waals surface area (Å²) in [5, 5.41) is 0. The number of amides is 2. The Morgan fingerprint density at radius 3 is 2.88 bits per heavy atom. The number of hydrogen-bond donors (Lipinski definition) is 0. The van der Waals surface area contributed by atoms with Crippen molar-refractivity contribution in [1.29, 1.82) is 0 Å². The molecule has 5 heteroatoms. The van der Waals surface area contributed by atoms with E-state index in [1.54, 1.807) is 22.9 Å². The highest BCUT2D eigenvalue weighted by molar-refractivity contribution is 6.03. The maximum atomic E-state index is 13.1. The van der Waals surface area contributed by atoms with E-state index in [0.717, 1.165) is 24.2 Å². The first kappa shape index (κ1) is 17.3. The van der Waals surface area contributed by atoms with Gasteiger partial charge in [0.2, 0.25) is 5.91 Å². The molecule has 2 aliphatic rings. The van der Waals surface area contributed by atoms with Crippen molar-refractivity contribution in [3.05, 3.63) is 47.7 Å². The molecule has 2 heterocycles. The zero-order chi connectivity index (χ0) is 17.8. The molecular formula is C20H24N2O3. The number of nitrogens with zero attached hydrogens (tertiary/aromatic N) is 2. The molecule has 0 aromatic heterocycles. The Kier molecular flexibility index (Phi) is 5.22. The van der Waals surface area contributed by atoms with Gasteiger partial charge in [-0.3, -0.25) is 9.59 Å². The maximum absolute atomic E-state index is 13.1. The summed E-state index contributed by atoms with van der Waals surface area (Å²) < 4.78 is 5.57. The molecule has 1 aromatic rings. The molecule has 0 saturated carbocycles. The number of ether oxygens (including phenoxy) is 1. The Hall–Kier alpha value is -2.56. The molecule has 25 heavy (non-hydrogen) atoms. The smallest absolute Gasteiger partial charge is 0.254 e. The van der Waals surface area contributed by atoms with Crippen LogP contribution in [0.4, 0.5) is 0 Å². The van der Waals surface area contributed by atoms with E-state index >= 15 is 0 Å². The highest BCUT2D eigenvalue weighted by Gasteiger charge is 2.36. The summed E-state index contributed by atoms with van der Waals surface area (Å²) in [6, 6.07) is 7.22. The van der Waals surface area contributed by atoms with Crippen LogP contribution in [-0.2, 0) is 9.59 Å². The first-order valence-electron chi connectivity index (χ1n) is 8.81. The average Bonchev–Trinajstić information content (AvgIpc) is 2.84. The van der Waals surface area contributed by atoms with Gasteiger partial charge in [-0.05, 0) is 24.6 Å². The Labute approximate surface area is 148 Å². The number of rotatable bonds is 4. The van der Waals surface area contributed by atoms with E-state index in [0.29, 0.717) is 25.1 Å². The van der Waals surface area contributed by atoms with Gasteiger partial charge in [0.1, 0.15) is 11.8 Å².